The van der Waals surface area contributed by atoms with Crippen LogP contribution in [0.2, 0.25) is 0 Å². The summed E-state index contributed by atoms with van der Waals surface area (Å²) < 4.78 is 44.0. The van der Waals surface area contributed by atoms with Gasteiger partial charge in [-0.05, 0) is 44.0 Å². The minimum absolute atomic E-state index is 0.0274. The van der Waals surface area contributed by atoms with Crippen LogP contribution in [-0.2, 0) is 11.8 Å². The number of alkyl halides is 2. The van der Waals surface area contributed by atoms with Gasteiger partial charge in [-0.25, -0.2) is 4.98 Å². The van der Waals surface area contributed by atoms with E-state index in [2.05, 4.69) is 22.2 Å². The molecule has 1 amide bonds. The molecule has 9 nitrogen and oxygen atoms in total. The number of hydrogen-bond donors (Lipinski definition) is 3. The number of nitrogens with one attached hydrogen (secondary N) is 2. The quantitative estimate of drug-likeness (QED) is 0.319. The largest absolute Gasteiger partial charge is 0.496 e. The molecule has 0 radical (unpaired) electrons. The van der Waals surface area contributed by atoms with Crippen LogP contribution in [0.1, 0.15) is 35.4 Å². The molecule has 1 saturated heterocycles. The molecular formula is C25H30F2N4O5. The summed E-state index contributed by atoms with van der Waals surface area (Å²) in [7, 11) is 3.11. The second-order valence-electron chi connectivity index (χ2n) is 8.93. The maximum atomic E-state index is 13.2. The van der Waals surface area contributed by atoms with E-state index in [-0.39, 0.29) is 29.7 Å². The molecule has 36 heavy (non-hydrogen) atoms. The number of aliphatic hydroxyl groups is 1. The minimum Gasteiger partial charge on any atom is -0.496 e. The molecule has 194 valence electrons. The Morgan fingerprint density at radius 2 is 2.17 bits per heavy atom. The molecule has 1 atom stereocenters. The van der Waals surface area contributed by atoms with Crippen molar-refractivity contribution in [2.24, 2.45) is 7.05 Å². The highest BCUT2D eigenvalue weighted by Crippen LogP contribution is 2.37. The van der Waals surface area contributed by atoms with Crippen LogP contribution in [0.4, 0.5) is 8.78 Å². The van der Waals surface area contributed by atoms with Crippen LogP contribution >= 0.6 is 0 Å². The van der Waals surface area contributed by atoms with Crippen molar-refractivity contribution < 1.29 is 32.9 Å². The summed E-state index contributed by atoms with van der Waals surface area (Å²) in [6, 6.07) is 2.98. The summed E-state index contributed by atoms with van der Waals surface area (Å²) in [6.07, 6.45) is 7.01. The number of allylic oxidation sites excluding steroid dienone is 1. The van der Waals surface area contributed by atoms with E-state index < -0.39 is 18.1 Å². The van der Waals surface area contributed by atoms with Gasteiger partial charge in [0.15, 0.2) is 0 Å². The molecule has 1 aliphatic carbocycles. The van der Waals surface area contributed by atoms with E-state index in [4.69, 9.17) is 14.2 Å². The van der Waals surface area contributed by atoms with Gasteiger partial charge in [0.1, 0.15) is 40.9 Å². The fraction of sp³-hybridized carbons (Fsp3) is 0.440. The number of benzene rings is 1. The van der Waals surface area contributed by atoms with Crippen molar-refractivity contribution in [2.75, 3.05) is 26.8 Å². The smallest absolute Gasteiger partial charge is 0.387 e. The molecule has 1 saturated carbocycles. The maximum absolute atomic E-state index is 13.2. The Labute approximate surface area is 207 Å². The molecular weight excluding hydrogens is 474 g/mol. The SMILES string of the molecule is C=C/C(=C\c1ncc(-c2cc(OC)c(C(=O)NC3CC3)c(OC(F)F)c2)n1C)OCC1(O)CCNC1. The van der Waals surface area contributed by atoms with E-state index >= 15 is 0 Å². The Bertz CT molecular complexity index is 1150. The lowest BCUT2D eigenvalue weighted by atomic mass is 10.1. The average molecular weight is 505 g/mol. The number of imidazole rings is 1. The Morgan fingerprint density at radius 1 is 1.42 bits per heavy atom. The number of halogens is 2. The van der Waals surface area contributed by atoms with Gasteiger partial charge in [-0.15, -0.1) is 0 Å². The van der Waals surface area contributed by atoms with Gasteiger partial charge < -0.3 is 34.5 Å². The first kappa shape index (κ1) is 25.6. The average Bonchev–Trinajstić information content (AvgIpc) is 3.43. The van der Waals surface area contributed by atoms with Crippen LogP contribution in [0.15, 0.2) is 36.7 Å². The van der Waals surface area contributed by atoms with Crippen molar-refractivity contribution in [2.45, 2.75) is 37.5 Å². The molecule has 2 fully saturated rings. The predicted octanol–water partition coefficient (Wildman–Crippen LogP) is 2.86. The van der Waals surface area contributed by atoms with Gasteiger partial charge in [0.05, 0.1) is 19.0 Å². The third kappa shape index (κ3) is 5.85. The monoisotopic (exact) mass is 504 g/mol. The lowest BCUT2D eigenvalue weighted by Crippen LogP contribution is -2.36. The third-order valence-corrected chi connectivity index (χ3v) is 6.16. The number of rotatable bonds is 11. The van der Waals surface area contributed by atoms with Gasteiger partial charge in [-0.1, -0.05) is 6.58 Å². The second-order valence-corrected chi connectivity index (χ2v) is 8.93. The standard InChI is InChI=1S/C25H30F2N4O5/c1-4-17(35-14-25(33)7-8-28-13-25)11-21-29-12-18(31(21)2)15-9-19(34-3)22(20(10-15)36-24(26)27)23(32)30-16-5-6-16/h4,9-12,16,24,28,33H,1,5-8,13-14H2,2-3H3,(H,30,32)/b17-11+. The van der Waals surface area contributed by atoms with Gasteiger partial charge in [-0.2, -0.15) is 8.78 Å². The van der Waals surface area contributed by atoms with E-state index in [1.54, 1.807) is 30.0 Å². The van der Waals surface area contributed by atoms with E-state index in [1.807, 2.05) is 0 Å². The van der Waals surface area contributed by atoms with Crippen LogP contribution in [0.25, 0.3) is 17.3 Å². The highest BCUT2D eigenvalue weighted by atomic mass is 19.3. The summed E-state index contributed by atoms with van der Waals surface area (Å²) in [5, 5.41) is 16.4. The number of carbonyl (C=O) groups is 1. The highest BCUT2D eigenvalue weighted by molar-refractivity contribution is 6.01. The molecule has 2 heterocycles. The van der Waals surface area contributed by atoms with Crippen molar-refractivity contribution >= 4 is 12.0 Å². The molecule has 0 spiro atoms. The van der Waals surface area contributed by atoms with Gasteiger partial charge in [0.25, 0.3) is 5.91 Å². The molecule has 1 aromatic heterocycles. The number of hydrogen-bond acceptors (Lipinski definition) is 7. The second kappa shape index (κ2) is 10.7. The van der Waals surface area contributed by atoms with Crippen LogP contribution in [-0.4, -0.2) is 65.6 Å². The minimum atomic E-state index is -3.13. The summed E-state index contributed by atoms with van der Waals surface area (Å²) in [6.45, 7) is 1.91. The number of aromatic nitrogens is 2. The van der Waals surface area contributed by atoms with Gasteiger partial charge in [-0.3, -0.25) is 4.79 Å². The first-order valence-electron chi connectivity index (χ1n) is 11.6. The van der Waals surface area contributed by atoms with E-state index in [0.717, 1.165) is 19.4 Å². The number of amides is 1. The van der Waals surface area contributed by atoms with Crippen molar-refractivity contribution in [1.82, 2.24) is 20.2 Å². The van der Waals surface area contributed by atoms with Gasteiger partial charge in [0.2, 0.25) is 0 Å². The van der Waals surface area contributed by atoms with E-state index in [1.165, 1.54) is 19.3 Å². The molecule has 4 rings (SSSR count). The molecule has 2 aliphatic rings. The van der Waals surface area contributed by atoms with Crippen LogP contribution in [0.3, 0.4) is 0 Å². The molecule has 3 N–H and O–H groups in total. The van der Waals surface area contributed by atoms with Crippen LogP contribution in [0, 0.1) is 0 Å². The van der Waals surface area contributed by atoms with Crippen LogP contribution in [0.5, 0.6) is 11.5 Å². The Morgan fingerprint density at radius 3 is 2.78 bits per heavy atom. The Balaban J connectivity index is 1.64. The number of β-amino-alcohol motifs (C(OH)–C–C–N with tert-alkyl or cyclic N) is 1. The number of ether oxygens (including phenoxy) is 3. The van der Waals surface area contributed by atoms with Crippen molar-refractivity contribution in [1.29, 1.82) is 0 Å². The fourth-order valence-electron chi connectivity index (χ4n) is 3.98. The van der Waals surface area contributed by atoms with Crippen molar-refractivity contribution in [3.8, 4) is 22.8 Å². The molecule has 2 aromatic rings. The number of methoxy groups -OCH3 is 1. The number of carbonyl (C=O) groups excluding carboxylic acids is 1. The molecule has 11 heteroatoms. The first-order chi connectivity index (χ1) is 17.2. The van der Waals surface area contributed by atoms with Crippen molar-refractivity contribution in [3.05, 3.63) is 48.1 Å². The zero-order chi connectivity index (χ0) is 25.9. The zero-order valence-corrected chi connectivity index (χ0v) is 20.2. The highest BCUT2D eigenvalue weighted by Gasteiger charge is 2.32. The summed E-state index contributed by atoms with van der Waals surface area (Å²) in [5.41, 5.74) is -0.0000871. The summed E-state index contributed by atoms with van der Waals surface area (Å²) in [5.74, 6) is 0.207. The predicted molar refractivity (Wildman–Crippen MR) is 129 cm³/mol. The Hall–Kier alpha value is -3.44. The zero-order valence-electron chi connectivity index (χ0n) is 20.2. The van der Waals surface area contributed by atoms with Gasteiger partial charge >= 0.3 is 6.61 Å². The van der Waals surface area contributed by atoms with Crippen LogP contribution < -0.4 is 20.1 Å². The molecule has 1 unspecified atom stereocenters. The molecule has 1 aromatic carbocycles. The van der Waals surface area contributed by atoms with Gasteiger partial charge in [0, 0.05) is 31.3 Å². The number of nitrogens with zero attached hydrogens (tertiary/aromatic N) is 2. The van der Waals surface area contributed by atoms with E-state index in [9.17, 15) is 18.7 Å². The first-order valence-corrected chi connectivity index (χ1v) is 11.6. The lowest BCUT2D eigenvalue weighted by Gasteiger charge is -2.21. The summed E-state index contributed by atoms with van der Waals surface area (Å²) in [4.78, 5) is 17.1. The van der Waals surface area contributed by atoms with Crippen molar-refractivity contribution in [3.63, 3.8) is 0 Å². The fourth-order valence-corrected chi connectivity index (χ4v) is 3.98. The molecule has 1 aliphatic heterocycles. The molecule has 0 bridgehead atoms. The van der Waals surface area contributed by atoms with E-state index in [0.29, 0.717) is 35.8 Å². The lowest BCUT2D eigenvalue weighted by molar-refractivity contribution is -0.0502. The summed E-state index contributed by atoms with van der Waals surface area (Å²) >= 11 is 0. The normalized spacial score (nSPS) is 19.9. The topological polar surface area (TPSA) is 107 Å². The third-order valence-electron chi connectivity index (χ3n) is 6.16. The Kier molecular flexibility index (Phi) is 7.60. The maximum Gasteiger partial charge on any atom is 0.387 e.